The number of anilines is 1. The van der Waals surface area contributed by atoms with Crippen LogP contribution >= 0.6 is 11.3 Å². The van der Waals surface area contributed by atoms with Gasteiger partial charge in [0.25, 0.3) is 0 Å². The van der Waals surface area contributed by atoms with E-state index < -0.39 is 23.6 Å². The molecule has 2 aromatic rings. The topological polar surface area (TPSA) is 103 Å². The van der Waals surface area contributed by atoms with E-state index in [1.165, 1.54) is 12.1 Å². The number of nitriles is 1. The molecule has 0 spiro atoms. The van der Waals surface area contributed by atoms with Crippen LogP contribution in [0.4, 0.5) is 9.52 Å². The van der Waals surface area contributed by atoms with Crippen molar-refractivity contribution in [2.75, 3.05) is 5.32 Å². The third kappa shape index (κ3) is 3.73. The van der Waals surface area contributed by atoms with E-state index in [4.69, 9.17) is 5.11 Å². The molecule has 2 N–H and O–H groups in total. The minimum absolute atomic E-state index is 0.193. The van der Waals surface area contributed by atoms with Crippen molar-refractivity contribution in [2.45, 2.75) is 25.7 Å². The molecule has 134 valence electrons. The molecule has 0 bridgehead atoms. The van der Waals surface area contributed by atoms with Gasteiger partial charge in [-0.2, -0.15) is 5.26 Å². The maximum atomic E-state index is 14.0. The van der Waals surface area contributed by atoms with Crippen molar-refractivity contribution in [1.82, 2.24) is 4.98 Å². The number of hydrogen-bond acceptors (Lipinski definition) is 5. The number of carboxylic acids is 1. The van der Waals surface area contributed by atoms with Crippen molar-refractivity contribution in [3.05, 3.63) is 35.0 Å². The Labute approximate surface area is 153 Å². The fourth-order valence-corrected chi connectivity index (χ4v) is 3.92. The molecule has 1 amide bonds. The van der Waals surface area contributed by atoms with E-state index in [0.29, 0.717) is 19.3 Å². The molecule has 1 aromatic carbocycles. The second-order valence-corrected chi connectivity index (χ2v) is 7.18. The highest BCUT2D eigenvalue weighted by Gasteiger charge is 2.31. The number of carbonyl (C=O) groups is 2. The van der Waals surface area contributed by atoms with E-state index >= 15 is 0 Å². The van der Waals surface area contributed by atoms with Gasteiger partial charge in [-0.3, -0.25) is 9.59 Å². The quantitative estimate of drug-likeness (QED) is 0.851. The molecular formula is C18H16FN3O3S. The Kier molecular flexibility index (Phi) is 5.28. The van der Waals surface area contributed by atoms with E-state index in [-0.39, 0.29) is 33.6 Å². The number of carbonyl (C=O) groups excluding carboxylic acids is 1. The summed E-state index contributed by atoms with van der Waals surface area (Å²) in [6.07, 6.45) is 2.16. The van der Waals surface area contributed by atoms with Crippen LogP contribution in [-0.2, 0) is 9.59 Å². The maximum absolute atomic E-state index is 14.0. The molecule has 2 atom stereocenters. The molecule has 1 aromatic heterocycles. The number of aromatic nitrogens is 1. The van der Waals surface area contributed by atoms with E-state index in [0.717, 1.165) is 11.3 Å². The van der Waals surface area contributed by atoms with Gasteiger partial charge in [0, 0.05) is 11.5 Å². The average Bonchev–Trinajstić information content (AvgIpc) is 3.04. The zero-order valence-corrected chi connectivity index (χ0v) is 14.6. The minimum atomic E-state index is -0.884. The standard InChI is InChI=1S/C18H16FN3O3S/c19-13-7-2-1-6-12(13)15-14(9-20)26-18(21-15)22-16(23)10-4-3-5-11(8-10)17(24)25/h1-2,6-7,10-11H,3-5,8H2,(H,24,25)(H,21,22,23). The largest absolute Gasteiger partial charge is 0.481 e. The van der Waals surface area contributed by atoms with E-state index in [9.17, 15) is 19.2 Å². The predicted octanol–water partition coefficient (Wildman–Crippen LogP) is 3.65. The lowest BCUT2D eigenvalue weighted by molar-refractivity contribution is -0.143. The summed E-state index contributed by atoms with van der Waals surface area (Å²) in [6.45, 7) is 0. The van der Waals surface area contributed by atoms with Crippen LogP contribution in [0.3, 0.4) is 0 Å². The van der Waals surface area contributed by atoms with E-state index in [1.54, 1.807) is 12.1 Å². The SMILES string of the molecule is N#Cc1sc(NC(=O)C2CCCC(C(=O)O)C2)nc1-c1ccccc1F. The van der Waals surface area contributed by atoms with Crippen LogP contribution in [0.25, 0.3) is 11.3 Å². The Bertz CT molecular complexity index is 890. The van der Waals surface area contributed by atoms with Crippen LogP contribution in [0.15, 0.2) is 24.3 Å². The normalized spacial score (nSPS) is 19.5. The molecule has 1 aliphatic rings. The van der Waals surface area contributed by atoms with Gasteiger partial charge in [0.15, 0.2) is 5.13 Å². The first kappa shape index (κ1) is 18.0. The zero-order chi connectivity index (χ0) is 18.7. The number of amides is 1. The highest BCUT2D eigenvalue weighted by Crippen LogP contribution is 2.34. The third-order valence-electron chi connectivity index (χ3n) is 4.48. The van der Waals surface area contributed by atoms with E-state index in [2.05, 4.69) is 10.3 Å². The summed E-state index contributed by atoms with van der Waals surface area (Å²) >= 11 is 0.975. The Balaban J connectivity index is 1.79. The summed E-state index contributed by atoms with van der Waals surface area (Å²) in [5, 5.41) is 21.3. The number of hydrogen-bond donors (Lipinski definition) is 2. The van der Waals surface area contributed by atoms with Crippen LogP contribution in [0.1, 0.15) is 30.6 Å². The fourth-order valence-electron chi connectivity index (χ4n) is 3.14. The molecule has 1 saturated carbocycles. The zero-order valence-electron chi connectivity index (χ0n) is 13.7. The molecule has 0 aliphatic heterocycles. The molecule has 6 nitrogen and oxygen atoms in total. The van der Waals surface area contributed by atoms with Gasteiger partial charge in [-0.15, -0.1) is 0 Å². The lowest BCUT2D eigenvalue weighted by Gasteiger charge is -2.25. The first-order chi connectivity index (χ1) is 12.5. The van der Waals surface area contributed by atoms with Crippen LogP contribution in [0.2, 0.25) is 0 Å². The van der Waals surface area contributed by atoms with Crippen LogP contribution in [0, 0.1) is 29.0 Å². The summed E-state index contributed by atoms with van der Waals surface area (Å²) in [7, 11) is 0. The Hall–Kier alpha value is -2.79. The molecule has 3 rings (SSSR count). The molecule has 0 saturated heterocycles. The summed E-state index contributed by atoms with van der Waals surface area (Å²) in [4.78, 5) is 28.0. The molecule has 1 aliphatic carbocycles. The number of halogens is 1. The number of aliphatic carboxylic acids is 1. The maximum Gasteiger partial charge on any atom is 0.306 e. The van der Waals surface area contributed by atoms with Crippen LogP contribution < -0.4 is 5.32 Å². The highest BCUT2D eigenvalue weighted by atomic mass is 32.1. The molecule has 2 unspecified atom stereocenters. The van der Waals surface area contributed by atoms with Gasteiger partial charge in [0.2, 0.25) is 5.91 Å². The molecule has 1 fully saturated rings. The van der Waals surface area contributed by atoms with Crippen molar-refractivity contribution in [3.63, 3.8) is 0 Å². The lowest BCUT2D eigenvalue weighted by Crippen LogP contribution is -2.30. The van der Waals surface area contributed by atoms with Gasteiger partial charge in [-0.25, -0.2) is 9.37 Å². The van der Waals surface area contributed by atoms with E-state index in [1.807, 2.05) is 6.07 Å². The number of benzene rings is 1. The molecule has 0 radical (unpaired) electrons. The highest BCUT2D eigenvalue weighted by molar-refractivity contribution is 7.16. The van der Waals surface area contributed by atoms with Gasteiger partial charge >= 0.3 is 5.97 Å². The Morgan fingerprint density at radius 1 is 1.31 bits per heavy atom. The monoisotopic (exact) mass is 373 g/mol. The van der Waals surface area contributed by atoms with Crippen molar-refractivity contribution in [3.8, 4) is 17.3 Å². The van der Waals surface area contributed by atoms with Gasteiger partial charge in [-0.05, 0) is 31.4 Å². The van der Waals surface area contributed by atoms with Crippen molar-refractivity contribution >= 4 is 28.3 Å². The fraction of sp³-hybridized carbons (Fsp3) is 0.333. The second-order valence-electron chi connectivity index (χ2n) is 6.18. The summed E-state index contributed by atoms with van der Waals surface area (Å²) in [5.74, 6) is -2.61. The Morgan fingerprint density at radius 3 is 2.73 bits per heavy atom. The van der Waals surface area contributed by atoms with Gasteiger partial charge in [0.05, 0.1) is 5.92 Å². The van der Waals surface area contributed by atoms with Gasteiger partial charge in [0.1, 0.15) is 22.5 Å². The second kappa shape index (κ2) is 7.62. The minimum Gasteiger partial charge on any atom is -0.481 e. The molecular weight excluding hydrogens is 357 g/mol. The summed E-state index contributed by atoms with van der Waals surface area (Å²) in [6, 6.07) is 7.97. The molecule has 26 heavy (non-hydrogen) atoms. The molecule has 1 heterocycles. The number of thiazole rings is 1. The third-order valence-corrected chi connectivity index (χ3v) is 5.36. The lowest BCUT2D eigenvalue weighted by atomic mass is 9.81. The van der Waals surface area contributed by atoms with Gasteiger partial charge < -0.3 is 10.4 Å². The van der Waals surface area contributed by atoms with Crippen LogP contribution in [-0.4, -0.2) is 22.0 Å². The number of nitrogens with zero attached hydrogens (tertiary/aromatic N) is 2. The summed E-state index contributed by atoms with van der Waals surface area (Å²) < 4.78 is 14.0. The molecule has 8 heteroatoms. The number of nitrogens with one attached hydrogen (secondary N) is 1. The summed E-state index contributed by atoms with van der Waals surface area (Å²) in [5.41, 5.74) is 0.391. The van der Waals surface area contributed by atoms with Crippen molar-refractivity contribution in [1.29, 1.82) is 5.26 Å². The Morgan fingerprint density at radius 2 is 2.04 bits per heavy atom. The first-order valence-corrected chi connectivity index (χ1v) is 9.00. The van der Waals surface area contributed by atoms with Gasteiger partial charge in [-0.1, -0.05) is 29.9 Å². The average molecular weight is 373 g/mol. The van der Waals surface area contributed by atoms with Crippen LogP contribution in [0.5, 0.6) is 0 Å². The predicted molar refractivity (Wildman–Crippen MR) is 93.9 cm³/mol. The number of carboxylic acid groups (broad SMARTS) is 1. The smallest absolute Gasteiger partial charge is 0.306 e. The number of rotatable bonds is 4. The van der Waals surface area contributed by atoms with Crippen molar-refractivity contribution < 1.29 is 19.1 Å². The van der Waals surface area contributed by atoms with Crippen molar-refractivity contribution in [2.24, 2.45) is 11.8 Å². The first-order valence-electron chi connectivity index (χ1n) is 8.19.